The number of rotatable bonds is 1. The zero-order valence-corrected chi connectivity index (χ0v) is 10.5. The Hall–Kier alpha value is -1.11. The van der Waals surface area contributed by atoms with Gasteiger partial charge in [0.25, 0.3) is 0 Å². The van der Waals surface area contributed by atoms with Gasteiger partial charge in [-0.25, -0.2) is 0 Å². The first kappa shape index (κ1) is 11.4. The molecule has 0 aliphatic heterocycles. The Kier molecular flexibility index (Phi) is 2.65. The fourth-order valence-corrected chi connectivity index (χ4v) is 2.93. The Morgan fingerprint density at radius 2 is 2.25 bits per heavy atom. The van der Waals surface area contributed by atoms with Crippen molar-refractivity contribution in [2.45, 2.75) is 40.0 Å². The third-order valence-corrected chi connectivity index (χ3v) is 4.27. The summed E-state index contributed by atoms with van der Waals surface area (Å²) in [5, 5.41) is 0. The fraction of sp³-hybridized carbons (Fsp3) is 0.533. The van der Waals surface area contributed by atoms with Crippen LogP contribution in [0.4, 0.5) is 0 Å². The van der Waals surface area contributed by atoms with Crippen LogP contribution in [0.2, 0.25) is 0 Å². The highest BCUT2D eigenvalue weighted by Gasteiger charge is 2.37. The van der Waals surface area contributed by atoms with Crippen LogP contribution in [0.15, 0.2) is 35.5 Å². The number of hydrogen-bond donors (Lipinski definition) is 0. The zero-order valence-electron chi connectivity index (χ0n) is 10.5. The molecule has 0 spiro atoms. The summed E-state index contributed by atoms with van der Waals surface area (Å²) in [5.74, 6) is 0.757. The van der Waals surface area contributed by atoms with Gasteiger partial charge in [0.1, 0.15) is 0 Å². The molecular weight excluding hydrogens is 196 g/mol. The summed E-state index contributed by atoms with van der Waals surface area (Å²) in [7, 11) is 0. The molecule has 0 heterocycles. The minimum Gasteiger partial charge on any atom is -0.290 e. The molecule has 1 heteroatoms. The predicted molar refractivity (Wildman–Crippen MR) is 67.1 cm³/mol. The molecule has 0 radical (unpaired) electrons. The van der Waals surface area contributed by atoms with E-state index >= 15 is 0 Å². The average Bonchev–Trinajstić information content (AvgIpc) is 2.24. The van der Waals surface area contributed by atoms with Crippen LogP contribution in [-0.2, 0) is 4.79 Å². The second-order valence-electron chi connectivity index (χ2n) is 5.50. The van der Waals surface area contributed by atoms with Crippen LogP contribution in [0.5, 0.6) is 0 Å². The summed E-state index contributed by atoms with van der Waals surface area (Å²) in [5.41, 5.74) is 3.70. The van der Waals surface area contributed by atoms with Crippen LogP contribution in [0.3, 0.4) is 0 Å². The molecule has 2 rings (SSSR count). The molecule has 0 saturated heterocycles. The maximum atomic E-state index is 11.7. The Morgan fingerprint density at radius 1 is 1.56 bits per heavy atom. The van der Waals surface area contributed by atoms with Crippen molar-refractivity contribution < 1.29 is 4.79 Å². The summed E-state index contributed by atoms with van der Waals surface area (Å²) in [4.78, 5) is 11.7. The van der Waals surface area contributed by atoms with E-state index in [9.17, 15) is 4.79 Å². The van der Waals surface area contributed by atoms with Gasteiger partial charge < -0.3 is 0 Å². The fourth-order valence-electron chi connectivity index (χ4n) is 2.93. The first-order chi connectivity index (χ1) is 7.44. The second-order valence-corrected chi connectivity index (χ2v) is 5.50. The minimum absolute atomic E-state index is 0.129. The molecule has 1 unspecified atom stereocenters. The van der Waals surface area contributed by atoms with Crippen molar-refractivity contribution in [1.82, 2.24) is 0 Å². The van der Waals surface area contributed by atoms with Crippen LogP contribution < -0.4 is 0 Å². The van der Waals surface area contributed by atoms with Gasteiger partial charge in [0.15, 0.2) is 5.78 Å². The summed E-state index contributed by atoms with van der Waals surface area (Å²) in [6, 6.07) is 0. The van der Waals surface area contributed by atoms with E-state index in [0.717, 1.165) is 18.4 Å². The van der Waals surface area contributed by atoms with Gasteiger partial charge in [0.05, 0.1) is 0 Å². The first-order valence-corrected chi connectivity index (χ1v) is 6.03. The third-order valence-electron chi connectivity index (χ3n) is 4.27. The van der Waals surface area contributed by atoms with Crippen molar-refractivity contribution in [2.24, 2.45) is 11.3 Å². The van der Waals surface area contributed by atoms with Crippen molar-refractivity contribution in [1.29, 1.82) is 0 Å². The molecule has 0 aromatic rings. The maximum Gasteiger partial charge on any atom is 0.181 e. The molecule has 2 atom stereocenters. The van der Waals surface area contributed by atoms with Gasteiger partial charge in [-0.05, 0) is 50.7 Å². The Balaban J connectivity index is 2.37. The molecule has 2 aliphatic carbocycles. The molecule has 2 aliphatic rings. The summed E-state index contributed by atoms with van der Waals surface area (Å²) < 4.78 is 0. The first-order valence-electron chi connectivity index (χ1n) is 6.03. The summed E-state index contributed by atoms with van der Waals surface area (Å²) in [6.45, 7) is 10.4. The number of carbonyl (C=O) groups excluding carboxylic acids is 1. The van der Waals surface area contributed by atoms with Crippen LogP contribution in [-0.4, -0.2) is 5.78 Å². The van der Waals surface area contributed by atoms with Crippen molar-refractivity contribution in [3.05, 3.63) is 35.5 Å². The number of allylic oxidation sites excluding steroid dienone is 5. The van der Waals surface area contributed by atoms with Crippen molar-refractivity contribution >= 4 is 5.78 Å². The summed E-state index contributed by atoms with van der Waals surface area (Å²) >= 11 is 0. The molecule has 0 amide bonds. The Morgan fingerprint density at radius 3 is 2.88 bits per heavy atom. The molecule has 0 aromatic carbocycles. The topological polar surface area (TPSA) is 17.1 Å². The van der Waals surface area contributed by atoms with Gasteiger partial charge in [0, 0.05) is 5.41 Å². The standard InChI is InChI=1S/C15H20O/c1-10(2)12-5-7-15(4)8-6-14(16)11(3)13(15)9-12/h6,8,12H,1,5,7,9H2,2-4H3/t12?,15-/m1/s1. The third kappa shape index (κ3) is 1.68. The number of carbonyl (C=O) groups is 1. The molecule has 1 fully saturated rings. The highest BCUT2D eigenvalue weighted by atomic mass is 16.1. The smallest absolute Gasteiger partial charge is 0.181 e. The van der Waals surface area contributed by atoms with Gasteiger partial charge in [-0.1, -0.05) is 30.7 Å². The van der Waals surface area contributed by atoms with Crippen LogP contribution in [0.1, 0.15) is 40.0 Å². The van der Waals surface area contributed by atoms with Gasteiger partial charge in [-0.3, -0.25) is 4.79 Å². The van der Waals surface area contributed by atoms with E-state index in [1.54, 1.807) is 6.08 Å². The van der Waals surface area contributed by atoms with E-state index in [0.29, 0.717) is 5.92 Å². The molecule has 1 nitrogen and oxygen atoms in total. The van der Waals surface area contributed by atoms with Gasteiger partial charge >= 0.3 is 0 Å². The van der Waals surface area contributed by atoms with Crippen LogP contribution >= 0.6 is 0 Å². The average molecular weight is 216 g/mol. The molecule has 0 aromatic heterocycles. The van der Waals surface area contributed by atoms with Gasteiger partial charge in [0.2, 0.25) is 0 Å². The molecule has 86 valence electrons. The van der Waals surface area contributed by atoms with Crippen molar-refractivity contribution in [3.63, 3.8) is 0 Å². The number of ketones is 1. The Bertz CT molecular complexity index is 411. The highest BCUT2D eigenvalue weighted by molar-refractivity contribution is 6.05. The van der Waals surface area contributed by atoms with Crippen molar-refractivity contribution in [3.8, 4) is 0 Å². The van der Waals surface area contributed by atoms with E-state index in [1.165, 1.54) is 17.6 Å². The lowest BCUT2D eigenvalue weighted by molar-refractivity contribution is -0.111. The van der Waals surface area contributed by atoms with E-state index < -0.39 is 0 Å². The monoisotopic (exact) mass is 216 g/mol. The minimum atomic E-state index is 0.129. The lowest BCUT2D eigenvalue weighted by atomic mass is 9.63. The van der Waals surface area contributed by atoms with Crippen LogP contribution in [0.25, 0.3) is 0 Å². The Labute approximate surface area is 97.9 Å². The number of fused-ring (bicyclic) bond motifs is 1. The lowest BCUT2D eigenvalue weighted by Gasteiger charge is -2.41. The molecule has 0 bridgehead atoms. The van der Waals surface area contributed by atoms with E-state index in [4.69, 9.17) is 0 Å². The molecule has 16 heavy (non-hydrogen) atoms. The SMILES string of the molecule is C=C(C)C1CC[C@]2(C)C=CC(=O)C(C)=C2C1. The van der Waals surface area contributed by atoms with Gasteiger partial charge in [-0.15, -0.1) is 0 Å². The van der Waals surface area contributed by atoms with Crippen molar-refractivity contribution in [2.75, 3.05) is 0 Å². The number of hydrogen-bond acceptors (Lipinski definition) is 1. The van der Waals surface area contributed by atoms with E-state index in [1.807, 2.05) is 6.92 Å². The van der Waals surface area contributed by atoms with Gasteiger partial charge in [-0.2, -0.15) is 0 Å². The van der Waals surface area contributed by atoms with E-state index in [-0.39, 0.29) is 11.2 Å². The lowest BCUT2D eigenvalue weighted by Crippen LogP contribution is -2.30. The van der Waals surface area contributed by atoms with E-state index in [2.05, 4.69) is 26.5 Å². The van der Waals surface area contributed by atoms with Crippen LogP contribution in [0, 0.1) is 11.3 Å². The summed E-state index contributed by atoms with van der Waals surface area (Å²) in [6.07, 6.45) is 7.21. The second kappa shape index (κ2) is 3.73. The highest BCUT2D eigenvalue weighted by Crippen LogP contribution is 2.48. The maximum absolute atomic E-state index is 11.7. The molecule has 0 N–H and O–H groups in total. The normalized spacial score (nSPS) is 33.9. The quantitative estimate of drug-likeness (QED) is 0.609. The largest absolute Gasteiger partial charge is 0.290 e. The molecular formula is C15H20O. The zero-order chi connectivity index (χ0) is 11.9. The predicted octanol–water partition coefficient (Wildman–Crippen LogP) is 3.82. The molecule has 1 saturated carbocycles.